The normalized spacial score (nSPS) is 24.0. The van der Waals surface area contributed by atoms with Crippen LogP contribution >= 0.6 is 0 Å². The second-order valence-corrected chi connectivity index (χ2v) is 6.61. The maximum Gasteiger partial charge on any atom is 0.262 e. The number of hydrogen-bond acceptors (Lipinski definition) is 4. The fourth-order valence-electron chi connectivity index (χ4n) is 3.52. The molecule has 2 fully saturated rings. The van der Waals surface area contributed by atoms with Crippen molar-refractivity contribution in [3.8, 4) is 5.75 Å². The highest BCUT2D eigenvalue weighted by Crippen LogP contribution is 2.35. The van der Waals surface area contributed by atoms with E-state index in [4.69, 9.17) is 4.74 Å². The van der Waals surface area contributed by atoms with Crippen molar-refractivity contribution in [2.45, 2.75) is 31.4 Å². The summed E-state index contributed by atoms with van der Waals surface area (Å²) in [6.45, 7) is 2.05. The standard InChI is InChI=1S/C17H22F2N2O3/c1-11-5-14(24-2)3-4-15(11)16(23)20-7-13(8-20)21-10-17(18,19)6-12(21)9-22/h3-5,12-13,22H,6-10H2,1-2H3/t12-/m0/s1. The van der Waals surface area contributed by atoms with Gasteiger partial charge in [-0.15, -0.1) is 0 Å². The predicted molar refractivity (Wildman–Crippen MR) is 84.6 cm³/mol. The van der Waals surface area contributed by atoms with Gasteiger partial charge in [0.05, 0.1) is 20.3 Å². The van der Waals surface area contributed by atoms with Crippen LogP contribution in [0, 0.1) is 6.92 Å². The van der Waals surface area contributed by atoms with Crippen LogP contribution in [0.25, 0.3) is 0 Å². The summed E-state index contributed by atoms with van der Waals surface area (Å²) in [5.74, 6) is -2.17. The molecule has 0 aromatic heterocycles. The van der Waals surface area contributed by atoms with E-state index < -0.39 is 12.0 Å². The van der Waals surface area contributed by atoms with Gasteiger partial charge in [-0.3, -0.25) is 9.69 Å². The average Bonchev–Trinajstić information content (AvgIpc) is 2.80. The van der Waals surface area contributed by atoms with Crippen molar-refractivity contribution in [3.63, 3.8) is 0 Å². The minimum Gasteiger partial charge on any atom is -0.497 e. The van der Waals surface area contributed by atoms with E-state index in [9.17, 15) is 18.7 Å². The number of aryl methyl sites for hydroxylation is 1. The Balaban J connectivity index is 1.63. The molecule has 0 unspecified atom stereocenters. The second kappa shape index (κ2) is 6.29. The first-order chi connectivity index (χ1) is 11.3. The topological polar surface area (TPSA) is 53.0 Å². The SMILES string of the molecule is COc1ccc(C(=O)N2CC(N3CC(F)(F)C[C@H]3CO)C2)c(C)c1. The molecule has 0 saturated carbocycles. The second-order valence-electron chi connectivity index (χ2n) is 6.61. The zero-order valence-electron chi connectivity index (χ0n) is 13.8. The number of nitrogens with zero attached hydrogens (tertiary/aromatic N) is 2. The molecular weight excluding hydrogens is 318 g/mol. The van der Waals surface area contributed by atoms with E-state index >= 15 is 0 Å². The fraction of sp³-hybridized carbons (Fsp3) is 0.588. The van der Waals surface area contributed by atoms with Crippen molar-refractivity contribution in [1.29, 1.82) is 0 Å². The lowest BCUT2D eigenvalue weighted by Gasteiger charge is -2.45. The summed E-state index contributed by atoms with van der Waals surface area (Å²) in [4.78, 5) is 15.9. The molecule has 24 heavy (non-hydrogen) atoms. The molecule has 1 aromatic rings. The van der Waals surface area contributed by atoms with Crippen LogP contribution in [0.4, 0.5) is 8.78 Å². The zero-order valence-corrected chi connectivity index (χ0v) is 13.8. The Bertz CT molecular complexity index is 632. The maximum atomic E-state index is 13.6. The third kappa shape index (κ3) is 3.10. The number of likely N-dealkylation sites (tertiary alicyclic amines) is 2. The van der Waals surface area contributed by atoms with E-state index in [1.807, 2.05) is 6.92 Å². The Morgan fingerprint density at radius 1 is 1.42 bits per heavy atom. The number of benzene rings is 1. The van der Waals surface area contributed by atoms with Crippen molar-refractivity contribution in [2.24, 2.45) is 0 Å². The van der Waals surface area contributed by atoms with Crippen LogP contribution in [0.2, 0.25) is 0 Å². The lowest BCUT2D eigenvalue weighted by molar-refractivity contribution is -0.0125. The number of carbonyl (C=O) groups excluding carboxylic acids is 1. The number of ether oxygens (including phenoxy) is 1. The van der Waals surface area contributed by atoms with Crippen LogP contribution in [0.1, 0.15) is 22.3 Å². The summed E-state index contributed by atoms with van der Waals surface area (Å²) < 4.78 is 32.2. The van der Waals surface area contributed by atoms with Crippen LogP contribution in [0.15, 0.2) is 18.2 Å². The molecule has 2 aliphatic rings. The quantitative estimate of drug-likeness (QED) is 0.903. The molecule has 0 radical (unpaired) electrons. The van der Waals surface area contributed by atoms with Crippen molar-refractivity contribution in [3.05, 3.63) is 29.3 Å². The van der Waals surface area contributed by atoms with Gasteiger partial charge in [0.15, 0.2) is 0 Å². The Kier molecular flexibility index (Phi) is 4.48. The van der Waals surface area contributed by atoms with Crippen LogP contribution in [0.3, 0.4) is 0 Å². The monoisotopic (exact) mass is 340 g/mol. The number of aliphatic hydroxyl groups excluding tert-OH is 1. The first-order valence-corrected chi connectivity index (χ1v) is 8.03. The lowest BCUT2D eigenvalue weighted by atomic mass is 10.0. The van der Waals surface area contributed by atoms with Crippen molar-refractivity contribution < 1.29 is 23.4 Å². The molecule has 1 amide bonds. The summed E-state index contributed by atoms with van der Waals surface area (Å²) in [6.07, 6.45) is -0.314. The van der Waals surface area contributed by atoms with Crippen LogP contribution in [0.5, 0.6) is 5.75 Å². The Morgan fingerprint density at radius 2 is 2.12 bits per heavy atom. The zero-order chi connectivity index (χ0) is 17.5. The van der Waals surface area contributed by atoms with E-state index in [2.05, 4.69) is 0 Å². The average molecular weight is 340 g/mol. The predicted octanol–water partition coefficient (Wildman–Crippen LogP) is 1.53. The highest BCUT2D eigenvalue weighted by molar-refractivity contribution is 5.96. The van der Waals surface area contributed by atoms with Gasteiger partial charge in [-0.1, -0.05) is 0 Å². The molecule has 0 aliphatic carbocycles. The van der Waals surface area contributed by atoms with Crippen molar-refractivity contribution in [2.75, 3.05) is 33.4 Å². The third-order valence-electron chi connectivity index (χ3n) is 4.91. The number of methoxy groups -OCH3 is 1. The van der Waals surface area contributed by atoms with E-state index in [0.717, 1.165) is 5.56 Å². The van der Waals surface area contributed by atoms with Crippen molar-refractivity contribution >= 4 is 5.91 Å². The van der Waals surface area contributed by atoms with Gasteiger partial charge in [-0.05, 0) is 30.7 Å². The van der Waals surface area contributed by atoms with Gasteiger partial charge in [0, 0.05) is 37.2 Å². The summed E-state index contributed by atoms with van der Waals surface area (Å²) in [5.41, 5.74) is 1.42. The maximum absolute atomic E-state index is 13.6. The summed E-state index contributed by atoms with van der Waals surface area (Å²) in [6, 6.07) is 4.63. The van der Waals surface area contributed by atoms with Gasteiger partial charge >= 0.3 is 0 Å². The summed E-state index contributed by atoms with van der Waals surface area (Å²) in [7, 11) is 1.57. The number of rotatable bonds is 4. The number of amides is 1. The molecule has 1 N–H and O–H groups in total. The Hall–Kier alpha value is -1.73. The van der Waals surface area contributed by atoms with E-state index in [0.29, 0.717) is 24.4 Å². The number of alkyl halides is 2. The van der Waals surface area contributed by atoms with Crippen molar-refractivity contribution in [1.82, 2.24) is 9.80 Å². The van der Waals surface area contributed by atoms with Crippen LogP contribution in [-0.4, -0.2) is 72.2 Å². The van der Waals surface area contributed by atoms with Gasteiger partial charge in [-0.2, -0.15) is 0 Å². The number of carbonyl (C=O) groups is 1. The van der Waals surface area contributed by atoms with E-state index in [1.54, 1.807) is 35.1 Å². The molecule has 7 heteroatoms. The van der Waals surface area contributed by atoms with E-state index in [1.165, 1.54) is 0 Å². The lowest BCUT2D eigenvalue weighted by Crippen LogP contribution is -2.62. The molecule has 2 heterocycles. The smallest absolute Gasteiger partial charge is 0.262 e. The van der Waals surface area contributed by atoms with Gasteiger partial charge in [0.1, 0.15) is 5.75 Å². The molecule has 5 nitrogen and oxygen atoms in total. The van der Waals surface area contributed by atoms with Gasteiger partial charge < -0.3 is 14.7 Å². The number of halogens is 2. The van der Waals surface area contributed by atoms with E-state index in [-0.39, 0.29) is 31.5 Å². The number of hydrogen-bond donors (Lipinski definition) is 1. The molecule has 132 valence electrons. The minimum absolute atomic E-state index is 0.0992. The Labute approximate surface area is 139 Å². The summed E-state index contributed by atoms with van der Waals surface area (Å²) in [5, 5.41) is 9.31. The van der Waals surface area contributed by atoms with Crippen LogP contribution in [-0.2, 0) is 0 Å². The Morgan fingerprint density at radius 3 is 2.71 bits per heavy atom. The highest BCUT2D eigenvalue weighted by Gasteiger charge is 2.50. The van der Waals surface area contributed by atoms with Crippen LogP contribution < -0.4 is 4.74 Å². The molecule has 2 aliphatic heterocycles. The molecule has 2 saturated heterocycles. The first-order valence-electron chi connectivity index (χ1n) is 8.03. The number of aliphatic hydroxyl groups is 1. The fourth-order valence-corrected chi connectivity index (χ4v) is 3.52. The van der Waals surface area contributed by atoms with Gasteiger partial charge in [-0.25, -0.2) is 8.78 Å². The molecule has 1 aromatic carbocycles. The third-order valence-corrected chi connectivity index (χ3v) is 4.91. The summed E-state index contributed by atoms with van der Waals surface area (Å²) >= 11 is 0. The molecule has 1 atom stereocenters. The molecule has 3 rings (SSSR count). The van der Waals surface area contributed by atoms with Gasteiger partial charge in [0.2, 0.25) is 0 Å². The largest absolute Gasteiger partial charge is 0.497 e. The molecule has 0 bridgehead atoms. The molecular formula is C17H22F2N2O3. The van der Waals surface area contributed by atoms with Gasteiger partial charge in [0.25, 0.3) is 11.8 Å². The minimum atomic E-state index is -2.76. The molecule has 0 spiro atoms. The first kappa shape index (κ1) is 17.1. The highest BCUT2D eigenvalue weighted by atomic mass is 19.3.